The Hall–Kier alpha value is -1.52. The van der Waals surface area contributed by atoms with Crippen LogP contribution < -0.4 is 4.74 Å². The monoisotopic (exact) mass is 321 g/mol. The number of halogens is 1. The Kier molecular flexibility index (Phi) is 4.17. The van der Waals surface area contributed by atoms with Gasteiger partial charge in [0.15, 0.2) is 6.10 Å². The molecule has 0 spiro atoms. The molecule has 1 amide bonds. The SMILES string of the molecule is CCN(Cc1ccc(Cl)s1)C(=O)C1Cc2ccccc2O1. The highest BCUT2D eigenvalue weighted by atomic mass is 35.5. The second kappa shape index (κ2) is 6.08. The lowest BCUT2D eigenvalue weighted by Crippen LogP contribution is -2.40. The van der Waals surface area contributed by atoms with Crippen molar-refractivity contribution in [1.82, 2.24) is 4.90 Å². The maximum absolute atomic E-state index is 12.6. The third kappa shape index (κ3) is 3.06. The zero-order valence-corrected chi connectivity index (χ0v) is 13.3. The first-order valence-corrected chi connectivity index (χ1v) is 8.14. The normalized spacial score (nSPS) is 16.4. The number of likely N-dealkylation sites (N-methyl/N-ethyl adjacent to an activating group) is 1. The predicted molar refractivity (Wildman–Crippen MR) is 85.0 cm³/mol. The van der Waals surface area contributed by atoms with Gasteiger partial charge in [-0.05, 0) is 30.7 Å². The molecule has 1 aliphatic heterocycles. The number of fused-ring (bicyclic) bond motifs is 1. The minimum absolute atomic E-state index is 0.0400. The molecule has 2 aromatic rings. The van der Waals surface area contributed by atoms with Crippen LogP contribution in [0.4, 0.5) is 0 Å². The fraction of sp³-hybridized carbons (Fsp3) is 0.312. The number of hydrogen-bond acceptors (Lipinski definition) is 3. The lowest BCUT2D eigenvalue weighted by Gasteiger charge is -2.23. The van der Waals surface area contributed by atoms with E-state index in [0.29, 0.717) is 19.5 Å². The van der Waals surface area contributed by atoms with Crippen LogP contribution >= 0.6 is 22.9 Å². The number of carbonyl (C=O) groups excluding carboxylic acids is 1. The Bertz CT molecular complexity index is 630. The Morgan fingerprint density at radius 3 is 2.86 bits per heavy atom. The molecule has 1 aromatic carbocycles. The van der Waals surface area contributed by atoms with Crippen molar-refractivity contribution in [3.05, 3.63) is 51.2 Å². The highest BCUT2D eigenvalue weighted by Gasteiger charge is 2.31. The van der Waals surface area contributed by atoms with E-state index in [2.05, 4.69) is 0 Å². The molecule has 1 aliphatic rings. The van der Waals surface area contributed by atoms with Gasteiger partial charge in [0.1, 0.15) is 5.75 Å². The van der Waals surface area contributed by atoms with E-state index in [1.54, 1.807) is 0 Å². The van der Waals surface area contributed by atoms with Crippen molar-refractivity contribution >= 4 is 28.8 Å². The van der Waals surface area contributed by atoms with Gasteiger partial charge in [0.25, 0.3) is 5.91 Å². The highest BCUT2D eigenvalue weighted by molar-refractivity contribution is 7.16. The summed E-state index contributed by atoms with van der Waals surface area (Å²) in [4.78, 5) is 15.5. The molecule has 0 bridgehead atoms. The minimum Gasteiger partial charge on any atom is -0.480 e. The molecule has 3 rings (SSSR count). The maximum atomic E-state index is 12.6. The van der Waals surface area contributed by atoms with Gasteiger partial charge < -0.3 is 9.64 Å². The van der Waals surface area contributed by atoms with Crippen molar-refractivity contribution in [3.8, 4) is 5.75 Å². The number of nitrogens with zero attached hydrogens (tertiary/aromatic N) is 1. The molecule has 0 radical (unpaired) electrons. The fourth-order valence-electron chi connectivity index (χ4n) is 2.49. The average molecular weight is 322 g/mol. The number of hydrogen-bond donors (Lipinski definition) is 0. The number of para-hydroxylation sites is 1. The van der Waals surface area contributed by atoms with Crippen molar-refractivity contribution in [1.29, 1.82) is 0 Å². The molecule has 3 nitrogen and oxygen atoms in total. The summed E-state index contributed by atoms with van der Waals surface area (Å²) in [6.45, 7) is 3.22. The third-order valence-corrected chi connectivity index (χ3v) is 4.81. The summed E-state index contributed by atoms with van der Waals surface area (Å²) < 4.78 is 6.53. The molecular formula is C16H16ClNO2S. The van der Waals surface area contributed by atoms with Crippen LogP contribution in [0.15, 0.2) is 36.4 Å². The molecule has 110 valence electrons. The first kappa shape index (κ1) is 14.4. The van der Waals surface area contributed by atoms with E-state index in [0.717, 1.165) is 20.5 Å². The number of carbonyl (C=O) groups is 1. The maximum Gasteiger partial charge on any atom is 0.264 e. The third-order valence-electron chi connectivity index (χ3n) is 3.59. The zero-order chi connectivity index (χ0) is 14.8. The average Bonchev–Trinajstić information content (AvgIpc) is 3.09. The Morgan fingerprint density at radius 1 is 1.38 bits per heavy atom. The van der Waals surface area contributed by atoms with Gasteiger partial charge in [0.2, 0.25) is 0 Å². The smallest absolute Gasteiger partial charge is 0.264 e. The van der Waals surface area contributed by atoms with Gasteiger partial charge in [-0.1, -0.05) is 29.8 Å². The lowest BCUT2D eigenvalue weighted by molar-refractivity contribution is -0.138. The molecule has 1 atom stereocenters. The van der Waals surface area contributed by atoms with Gasteiger partial charge in [-0.25, -0.2) is 0 Å². The Labute approximate surface area is 133 Å². The van der Waals surface area contributed by atoms with Crippen LogP contribution in [0.3, 0.4) is 0 Å². The van der Waals surface area contributed by atoms with Crippen LogP contribution in [0.5, 0.6) is 5.75 Å². The number of rotatable bonds is 4. The van der Waals surface area contributed by atoms with Crippen molar-refractivity contribution in [2.45, 2.75) is 26.0 Å². The summed E-state index contributed by atoms with van der Waals surface area (Å²) in [5.41, 5.74) is 1.10. The van der Waals surface area contributed by atoms with Crippen molar-refractivity contribution in [2.24, 2.45) is 0 Å². The van der Waals surface area contributed by atoms with Crippen molar-refractivity contribution < 1.29 is 9.53 Å². The van der Waals surface area contributed by atoms with Gasteiger partial charge in [0.05, 0.1) is 10.9 Å². The summed E-state index contributed by atoms with van der Waals surface area (Å²) in [7, 11) is 0. The second-order valence-corrected chi connectivity index (χ2v) is 6.78. The van der Waals surface area contributed by atoms with E-state index in [1.165, 1.54) is 11.3 Å². The first-order chi connectivity index (χ1) is 10.2. The second-order valence-electron chi connectivity index (χ2n) is 4.98. The number of benzene rings is 1. The molecule has 1 aromatic heterocycles. The van der Waals surface area contributed by atoms with E-state index in [9.17, 15) is 4.79 Å². The van der Waals surface area contributed by atoms with Gasteiger partial charge in [-0.3, -0.25) is 4.79 Å². The number of amides is 1. The molecule has 0 N–H and O–H groups in total. The van der Waals surface area contributed by atoms with Crippen LogP contribution in [-0.2, 0) is 17.8 Å². The summed E-state index contributed by atoms with van der Waals surface area (Å²) in [6, 6.07) is 11.7. The molecule has 0 aliphatic carbocycles. The molecule has 0 saturated heterocycles. The number of thiophene rings is 1. The van der Waals surface area contributed by atoms with Crippen LogP contribution in [0.25, 0.3) is 0 Å². The van der Waals surface area contributed by atoms with Gasteiger partial charge >= 0.3 is 0 Å². The van der Waals surface area contributed by atoms with Crippen molar-refractivity contribution in [3.63, 3.8) is 0 Å². The molecule has 21 heavy (non-hydrogen) atoms. The summed E-state index contributed by atoms with van der Waals surface area (Å²) in [6.07, 6.45) is 0.245. The fourth-order valence-corrected chi connectivity index (χ4v) is 3.60. The highest BCUT2D eigenvalue weighted by Crippen LogP contribution is 2.29. The van der Waals surface area contributed by atoms with Crippen molar-refractivity contribution in [2.75, 3.05) is 6.54 Å². The molecule has 1 unspecified atom stereocenters. The van der Waals surface area contributed by atoms with E-state index >= 15 is 0 Å². The Balaban J connectivity index is 1.69. The number of ether oxygens (including phenoxy) is 1. The van der Waals surface area contributed by atoms with E-state index in [-0.39, 0.29) is 5.91 Å². The molecular weight excluding hydrogens is 306 g/mol. The van der Waals surface area contributed by atoms with Crippen LogP contribution in [-0.4, -0.2) is 23.5 Å². The van der Waals surface area contributed by atoms with Crippen LogP contribution in [0.1, 0.15) is 17.4 Å². The lowest BCUT2D eigenvalue weighted by atomic mass is 10.1. The first-order valence-electron chi connectivity index (χ1n) is 6.95. The summed E-state index contributed by atoms with van der Waals surface area (Å²) in [5.74, 6) is 0.865. The van der Waals surface area contributed by atoms with Gasteiger partial charge in [0, 0.05) is 17.8 Å². The summed E-state index contributed by atoms with van der Waals surface area (Å²) in [5, 5.41) is 0. The minimum atomic E-state index is -0.405. The van der Waals surface area contributed by atoms with E-state index in [1.807, 2.05) is 48.2 Å². The van der Waals surface area contributed by atoms with Crippen LogP contribution in [0, 0.1) is 0 Å². The van der Waals surface area contributed by atoms with Crippen LogP contribution in [0.2, 0.25) is 4.34 Å². The summed E-state index contributed by atoms with van der Waals surface area (Å²) >= 11 is 7.45. The standard InChI is InChI=1S/C16H16ClNO2S/c1-2-18(10-12-7-8-15(17)21-12)16(19)14-9-11-5-3-4-6-13(11)20-14/h3-8,14H,2,9-10H2,1H3. The largest absolute Gasteiger partial charge is 0.480 e. The molecule has 0 saturated carbocycles. The molecule has 5 heteroatoms. The van der Waals surface area contributed by atoms with Gasteiger partial charge in [-0.2, -0.15) is 0 Å². The molecule has 0 fully saturated rings. The van der Waals surface area contributed by atoms with E-state index in [4.69, 9.17) is 16.3 Å². The van der Waals surface area contributed by atoms with E-state index < -0.39 is 6.10 Å². The Morgan fingerprint density at radius 2 is 2.19 bits per heavy atom. The zero-order valence-electron chi connectivity index (χ0n) is 11.7. The van der Waals surface area contributed by atoms with Gasteiger partial charge in [-0.15, -0.1) is 11.3 Å². The quantitative estimate of drug-likeness (QED) is 0.858. The molecule has 2 heterocycles. The predicted octanol–water partition coefficient (Wildman–Crippen LogP) is 3.75. The topological polar surface area (TPSA) is 29.5 Å².